The van der Waals surface area contributed by atoms with Gasteiger partial charge in [-0.15, -0.1) is 0 Å². The fraction of sp³-hybridized carbons (Fsp3) is 0.368. The number of rotatable bonds is 8. The number of hydrogen-bond acceptors (Lipinski definition) is 9. The van der Waals surface area contributed by atoms with E-state index in [1.54, 1.807) is 19.0 Å². The van der Waals surface area contributed by atoms with Gasteiger partial charge in [-0.3, -0.25) is 4.79 Å². The molecule has 0 unspecified atom stereocenters. The maximum Gasteiger partial charge on any atom is 0.435 e. The molecule has 10 nitrogen and oxygen atoms in total. The van der Waals surface area contributed by atoms with E-state index in [2.05, 4.69) is 15.2 Å². The number of nitrogens with zero attached hydrogens (tertiary/aromatic N) is 5. The van der Waals surface area contributed by atoms with Crippen molar-refractivity contribution in [2.24, 2.45) is 0 Å². The molecule has 3 rings (SSSR count). The van der Waals surface area contributed by atoms with Gasteiger partial charge in [-0.05, 0) is 38.4 Å². The summed E-state index contributed by atoms with van der Waals surface area (Å²) in [4.78, 5) is 17.9. The molecular formula is C19H20F3N5O5S. The van der Waals surface area contributed by atoms with Crippen molar-refractivity contribution in [3.05, 3.63) is 36.0 Å². The Bertz CT molecular complexity index is 1250. The van der Waals surface area contributed by atoms with E-state index in [4.69, 9.17) is 9.26 Å². The molecule has 0 saturated carbocycles. The summed E-state index contributed by atoms with van der Waals surface area (Å²) in [5, 5.41) is 7.13. The zero-order valence-electron chi connectivity index (χ0n) is 17.8. The lowest BCUT2D eigenvalue weighted by Crippen LogP contribution is -2.22. The van der Waals surface area contributed by atoms with Crippen molar-refractivity contribution in [1.29, 1.82) is 0 Å². The van der Waals surface area contributed by atoms with E-state index in [1.165, 1.54) is 24.3 Å². The van der Waals surface area contributed by atoms with Crippen LogP contribution in [0, 0.1) is 0 Å². The third-order valence-corrected chi connectivity index (χ3v) is 5.43. The van der Waals surface area contributed by atoms with Crippen LogP contribution in [0.2, 0.25) is 0 Å². The first-order valence-corrected chi connectivity index (χ1v) is 11.3. The molecule has 0 spiro atoms. The number of carbonyl (C=O) groups is 1. The largest absolute Gasteiger partial charge is 0.463 e. The summed E-state index contributed by atoms with van der Waals surface area (Å²) < 4.78 is 74.2. The first-order chi connectivity index (χ1) is 15.3. The molecule has 1 aromatic carbocycles. The first kappa shape index (κ1) is 24.4. The average molecular weight is 487 g/mol. The molecule has 0 N–H and O–H groups in total. The molecule has 0 aliphatic carbocycles. The molecule has 2 heterocycles. The molecule has 0 aliphatic heterocycles. The third-order valence-electron chi connectivity index (χ3n) is 4.32. The van der Waals surface area contributed by atoms with E-state index in [-0.39, 0.29) is 34.5 Å². The Morgan fingerprint density at radius 2 is 1.97 bits per heavy atom. The minimum Gasteiger partial charge on any atom is -0.463 e. The van der Waals surface area contributed by atoms with Crippen molar-refractivity contribution >= 4 is 15.8 Å². The molecule has 3 aromatic rings. The maximum atomic E-state index is 13.2. The quantitative estimate of drug-likeness (QED) is 0.440. The summed E-state index contributed by atoms with van der Waals surface area (Å²) in [7, 11) is 0.0361. The molecule has 178 valence electrons. The van der Waals surface area contributed by atoms with E-state index in [0.717, 1.165) is 10.9 Å². The normalized spacial score (nSPS) is 12.3. The Morgan fingerprint density at radius 1 is 1.24 bits per heavy atom. The van der Waals surface area contributed by atoms with Gasteiger partial charge in [0.2, 0.25) is 5.82 Å². The van der Waals surface area contributed by atoms with Crippen molar-refractivity contribution in [2.45, 2.75) is 17.6 Å². The van der Waals surface area contributed by atoms with E-state index in [9.17, 15) is 26.4 Å². The third kappa shape index (κ3) is 6.16. The van der Waals surface area contributed by atoms with Gasteiger partial charge in [0.15, 0.2) is 15.5 Å². The lowest BCUT2D eigenvalue weighted by molar-refractivity contribution is -0.146. The summed E-state index contributed by atoms with van der Waals surface area (Å²) in [6, 6.07) is 6.34. The van der Waals surface area contributed by atoms with Gasteiger partial charge >= 0.3 is 12.1 Å². The van der Waals surface area contributed by atoms with Crippen molar-refractivity contribution < 1.29 is 35.6 Å². The Hall–Kier alpha value is -3.26. The van der Waals surface area contributed by atoms with Crippen molar-refractivity contribution in [3.63, 3.8) is 0 Å². The molecule has 0 atom stereocenters. The van der Waals surface area contributed by atoms with Crippen LogP contribution in [0.4, 0.5) is 13.2 Å². The predicted octanol–water partition coefficient (Wildman–Crippen LogP) is 2.13. The Morgan fingerprint density at radius 3 is 2.61 bits per heavy atom. The monoisotopic (exact) mass is 487 g/mol. The molecular weight excluding hydrogens is 467 g/mol. The molecule has 0 aliphatic rings. The molecule has 0 radical (unpaired) electrons. The molecule has 33 heavy (non-hydrogen) atoms. The van der Waals surface area contributed by atoms with Crippen LogP contribution < -0.4 is 0 Å². The van der Waals surface area contributed by atoms with Crippen molar-refractivity contribution in [2.75, 3.05) is 33.5 Å². The van der Waals surface area contributed by atoms with Crippen LogP contribution in [0.5, 0.6) is 0 Å². The number of alkyl halides is 3. The van der Waals surface area contributed by atoms with Gasteiger partial charge in [-0.25, -0.2) is 13.1 Å². The lowest BCUT2D eigenvalue weighted by atomic mass is 10.2. The number of esters is 1. The van der Waals surface area contributed by atoms with Crippen LogP contribution >= 0.6 is 0 Å². The first-order valence-electron chi connectivity index (χ1n) is 9.44. The number of hydrogen-bond donors (Lipinski definition) is 0. The van der Waals surface area contributed by atoms with Crippen LogP contribution in [0.3, 0.4) is 0 Å². The topological polar surface area (TPSA) is 120 Å². The highest BCUT2D eigenvalue weighted by Gasteiger charge is 2.36. The second-order valence-corrected chi connectivity index (χ2v) is 9.33. The molecule has 0 amide bonds. The average Bonchev–Trinajstić information content (AvgIpc) is 3.34. The van der Waals surface area contributed by atoms with E-state index in [0.29, 0.717) is 12.6 Å². The van der Waals surface area contributed by atoms with Gasteiger partial charge in [0.05, 0.1) is 4.90 Å². The fourth-order valence-electron chi connectivity index (χ4n) is 2.67. The summed E-state index contributed by atoms with van der Waals surface area (Å²) in [6.45, 7) is -0.115. The number of carbonyl (C=O) groups excluding carboxylic acids is 1. The van der Waals surface area contributed by atoms with Gasteiger partial charge in [0.1, 0.15) is 18.8 Å². The summed E-state index contributed by atoms with van der Waals surface area (Å²) in [5.41, 5.74) is -1.22. The lowest BCUT2D eigenvalue weighted by Gasteiger charge is -2.10. The minimum absolute atomic E-state index is 0.00428. The SMILES string of the molecule is CN(C)CCOC(=O)Cn1nc(C(F)(F)F)cc1-c1noc(-c2cccc(S(C)(=O)=O)c2)n1. The van der Waals surface area contributed by atoms with Crippen LogP contribution in [-0.2, 0) is 32.1 Å². The number of sulfone groups is 1. The summed E-state index contributed by atoms with van der Waals surface area (Å²) in [5.74, 6) is -1.18. The number of ether oxygens (including phenoxy) is 1. The zero-order chi connectivity index (χ0) is 24.4. The molecule has 0 bridgehead atoms. The summed E-state index contributed by atoms with van der Waals surface area (Å²) in [6.07, 6.45) is -3.74. The van der Waals surface area contributed by atoms with E-state index < -0.39 is 34.2 Å². The molecule has 2 aromatic heterocycles. The highest BCUT2D eigenvalue weighted by molar-refractivity contribution is 7.90. The van der Waals surface area contributed by atoms with Crippen molar-refractivity contribution in [3.8, 4) is 23.0 Å². The summed E-state index contributed by atoms with van der Waals surface area (Å²) >= 11 is 0. The standard InChI is InChI=1S/C19H20F3N5O5S/c1-26(2)7-8-31-16(28)11-27-14(10-15(24-27)19(20,21)22)17-23-18(32-25-17)12-5-4-6-13(9-12)33(3,29)30/h4-6,9-10H,7-8,11H2,1-3H3. The second-order valence-electron chi connectivity index (χ2n) is 7.32. The number of likely N-dealkylation sites (N-methyl/N-ethyl adjacent to an activating group) is 1. The number of aromatic nitrogens is 4. The zero-order valence-corrected chi connectivity index (χ0v) is 18.6. The highest BCUT2D eigenvalue weighted by atomic mass is 32.2. The molecule has 14 heteroatoms. The van der Waals surface area contributed by atoms with E-state index >= 15 is 0 Å². The van der Waals surface area contributed by atoms with Crippen molar-refractivity contribution in [1.82, 2.24) is 24.8 Å². The predicted molar refractivity (Wildman–Crippen MR) is 109 cm³/mol. The Balaban J connectivity index is 1.92. The van der Waals surface area contributed by atoms with Crippen LogP contribution in [-0.4, -0.2) is 72.7 Å². The van der Waals surface area contributed by atoms with Gasteiger partial charge in [-0.1, -0.05) is 11.2 Å². The van der Waals surface area contributed by atoms with Gasteiger partial charge in [-0.2, -0.15) is 23.3 Å². The van der Waals surface area contributed by atoms with Gasteiger partial charge < -0.3 is 14.2 Å². The smallest absolute Gasteiger partial charge is 0.435 e. The number of benzene rings is 1. The minimum atomic E-state index is -4.77. The van der Waals surface area contributed by atoms with Gasteiger partial charge in [0.25, 0.3) is 5.89 Å². The van der Waals surface area contributed by atoms with Crippen LogP contribution in [0.25, 0.3) is 23.0 Å². The van der Waals surface area contributed by atoms with Crippen LogP contribution in [0.15, 0.2) is 39.8 Å². The molecule has 0 fully saturated rings. The van der Waals surface area contributed by atoms with E-state index in [1.807, 2.05) is 0 Å². The van der Waals surface area contributed by atoms with Gasteiger partial charge in [0, 0.05) is 18.4 Å². The highest BCUT2D eigenvalue weighted by Crippen LogP contribution is 2.32. The number of halogens is 3. The molecule has 0 saturated heterocycles. The maximum absolute atomic E-state index is 13.2. The Kier molecular flexibility index (Phi) is 6.88. The second kappa shape index (κ2) is 9.31. The van der Waals surface area contributed by atoms with Crippen LogP contribution in [0.1, 0.15) is 5.69 Å². The Labute approximate surface area is 186 Å². The fourth-order valence-corrected chi connectivity index (χ4v) is 3.34.